The average molecular weight is 426 g/mol. The molecule has 0 spiro atoms. The van der Waals surface area contributed by atoms with Gasteiger partial charge >= 0.3 is 6.18 Å². The molecule has 26 heavy (non-hydrogen) atoms. The molecule has 0 aliphatic carbocycles. The number of sulfonamides is 1. The van der Waals surface area contributed by atoms with Crippen LogP contribution in [0.1, 0.15) is 40.9 Å². The van der Waals surface area contributed by atoms with Crippen LogP contribution in [-0.2, 0) is 16.2 Å². The molecule has 1 fully saturated rings. The van der Waals surface area contributed by atoms with Crippen LogP contribution in [0.4, 0.5) is 13.2 Å². The first kappa shape index (κ1) is 19.5. The summed E-state index contributed by atoms with van der Waals surface area (Å²) in [7, 11) is -4.07. The molecule has 0 N–H and O–H groups in total. The van der Waals surface area contributed by atoms with E-state index >= 15 is 0 Å². The summed E-state index contributed by atoms with van der Waals surface area (Å²) in [5.41, 5.74) is -0.989. The lowest BCUT2D eigenvalue weighted by Gasteiger charge is -2.33. The van der Waals surface area contributed by atoms with Crippen molar-refractivity contribution in [3.05, 3.63) is 38.8 Å². The van der Waals surface area contributed by atoms with Gasteiger partial charge in [-0.25, -0.2) is 8.42 Å². The highest BCUT2D eigenvalue weighted by Crippen LogP contribution is 2.39. The minimum absolute atomic E-state index is 0.253. The zero-order chi connectivity index (χ0) is 19.1. The van der Waals surface area contributed by atoms with E-state index in [0.717, 1.165) is 23.6 Å². The Morgan fingerprint density at radius 2 is 2.00 bits per heavy atom. The fraction of sp³-hybridized carbons (Fsp3) is 0.467. The van der Waals surface area contributed by atoms with Crippen molar-refractivity contribution in [1.29, 1.82) is 0 Å². The Kier molecular flexibility index (Phi) is 5.31. The molecule has 5 nitrogen and oxygen atoms in total. The number of rotatable bonds is 3. The van der Waals surface area contributed by atoms with E-state index < -0.39 is 32.8 Å². The van der Waals surface area contributed by atoms with E-state index in [1.54, 1.807) is 6.92 Å². The van der Waals surface area contributed by atoms with E-state index in [-0.39, 0.29) is 11.4 Å². The van der Waals surface area contributed by atoms with Crippen molar-refractivity contribution in [3.8, 4) is 0 Å². The molecule has 2 aromatic rings. The van der Waals surface area contributed by atoms with Gasteiger partial charge in [0.15, 0.2) is 0 Å². The van der Waals surface area contributed by atoms with Gasteiger partial charge in [0.05, 0.1) is 16.6 Å². The molecule has 1 saturated heterocycles. The van der Waals surface area contributed by atoms with Crippen LogP contribution >= 0.6 is 22.9 Å². The van der Waals surface area contributed by atoms with Gasteiger partial charge in [-0.1, -0.05) is 18.0 Å². The van der Waals surface area contributed by atoms with Crippen LogP contribution in [-0.4, -0.2) is 29.5 Å². The predicted molar refractivity (Wildman–Crippen MR) is 91.6 cm³/mol. The lowest BCUT2D eigenvalue weighted by Crippen LogP contribution is -2.38. The number of hydrogen-bond acceptors (Lipinski definition) is 5. The third-order valence-electron chi connectivity index (χ3n) is 4.13. The van der Waals surface area contributed by atoms with E-state index in [2.05, 4.69) is 10.2 Å². The number of aromatic nitrogens is 2. The highest BCUT2D eigenvalue weighted by Gasteiger charge is 2.38. The van der Waals surface area contributed by atoms with Gasteiger partial charge in [0.2, 0.25) is 10.0 Å². The first-order valence-electron chi connectivity index (χ1n) is 7.79. The van der Waals surface area contributed by atoms with Gasteiger partial charge in [-0.2, -0.15) is 17.5 Å². The molecule has 1 aliphatic rings. The molecule has 0 saturated carbocycles. The van der Waals surface area contributed by atoms with Crippen LogP contribution in [0, 0.1) is 6.92 Å². The van der Waals surface area contributed by atoms with Crippen LogP contribution in [0.15, 0.2) is 23.1 Å². The number of halogens is 4. The van der Waals surface area contributed by atoms with E-state index in [0.29, 0.717) is 23.9 Å². The fourth-order valence-electron chi connectivity index (χ4n) is 2.90. The lowest BCUT2D eigenvalue weighted by atomic mass is 10.1. The first-order valence-corrected chi connectivity index (χ1v) is 10.4. The Morgan fingerprint density at radius 1 is 1.27 bits per heavy atom. The summed E-state index contributed by atoms with van der Waals surface area (Å²) in [5.74, 6) is 0. The highest BCUT2D eigenvalue weighted by molar-refractivity contribution is 7.89. The standard InChI is InChI=1S/C15H15ClF3N3O2S2/c1-9-20-21-14(25-9)12-4-2-3-7-22(12)26(23,24)13-6-5-10(8-11(13)16)15(17,18)19/h5-6,8,12H,2-4,7H2,1H3/t12-/m0/s1. The predicted octanol–water partition coefficient (Wildman–Crippen LogP) is 4.43. The van der Waals surface area contributed by atoms with Crippen LogP contribution in [0.5, 0.6) is 0 Å². The third-order valence-corrected chi connectivity index (χ3v) is 7.46. The second-order valence-corrected chi connectivity index (χ2v) is 9.41. The molecule has 1 aromatic heterocycles. The second kappa shape index (κ2) is 7.06. The molecule has 2 heterocycles. The Bertz CT molecular complexity index is 915. The normalized spacial score (nSPS) is 19.7. The summed E-state index contributed by atoms with van der Waals surface area (Å²) in [6.07, 6.45) is -2.53. The largest absolute Gasteiger partial charge is 0.416 e. The quantitative estimate of drug-likeness (QED) is 0.729. The topological polar surface area (TPSA) is 63.2 Å². The van der Waals surface area contributed by atoms with Crippen LogP contribution < -0.4 is 0 Å². The van der Waals surface area contributed by atoms with Crippen molar-refractivity contribution in [2.24, 2.45) is 0 Å². The highest BCUT2D eigenvalue weighted by atomic mass is 35.5. The van der Waals surface area contributed by atoms with Gasteiger partial charge in [0.25, 0.3) is 0 Å². The minimum atomic E-state index is -4.59. The van der Waals surface area contributed by atoms with E-state index in [1.807, 2.05) is 0 Å². The maximum Gasteiger partial charge on any atom is 0.416 e. The lowest BCUT2D eigenvalue weighted by molar-refractivity contribution is -0.137. The molecule has 0 amide bonds. The van der Waals surface area contributed by atoms with Crippen LogP contribution in [0.2, 0.25) is 5.02 Å². The maximum atomic E-state index is 13.1. The second-order valence-electron chi connectivity index (χ2n) is 5.93. The molecular formula is C15H15ClF3N3O2S2. The Hall–Kier alpha value is -1.23. The number of benzene rings is 1. The van der Waals surface area contributed by atoms with E-state index in [4.69, 9.17) is 11.6 Å². The first-order chi connectivity index (χ1) is 12.1. The molecule has 0 unspecified atom stereocenters. The van der Waals surface area contributed by atoms with Gasteiger partial charge in [0, 0.05) is 6.54 Å². The maximum absolute atomic E-state index is 13.1. The summed E-state index contributed by atoms with van der Waals surface area (Å²) in [6, 6.07) is 1.80. The number of hydrogen-bond donors (Lipinski definition) is 0. The van der Waals surface area contributed by atoms with Crippen molar-refractivity contribution in [2.75, 3.05) is 6.54 Å². The summed E-state index contributed by atoms with van der Waals surface area (Å²) >= 11 is 7.22. The zero-order valence-corrected chi connectivity index (χ0v) is 16.0. The fourth-order valence-corrected chi connectivity index (χ4v) is 5.99. The van der Waals surface area contributed by atoms with Crippen molar-refractivity contribution in [3.63, 3.8) is 0 Å². The molecule has 1 atom stereocenters. The van der Waals surface area contributed by atoms with Crippen molar-refractivity contribution in [2.45, 2.75) is 43.3 Å². The number of piperidine rings is 1. The van der Waals surface area contributed by atoms with Crippen molar-refractivity contribution < 1.29 is 21.6 Å². The molecule has 11 heteroatoms. The number of nitrogens with zero attached hydrogens (tertiary/aromatic N) is 3. The van der Waals surface area contributed by atoms with Gasteiger partial charge in [0.1, 0.15) is 14.9 Å². The van der Waals surface area contributed by atoms with Crippen LogP contribution in [0.25, 0.3) is 0 Å². The van der Waals surface area contributed by atoms with Gasteiger partial charge in [-0.3, -0.25) is 0 Å². The van der Waals surface area contributed by atoms with Crippen LogP contribution in [0.3, 0.4) is 0 Å². The van der Waals surface area contributed by atoms with E-state index in [1.165, 1.54) is 15.6 Å². The van der Waals surface area contributed by atoms with Crippen molar-refractivity contribution >= 4 is 33.0 Å². The molecular weight excluding hydrogens is 411 g/mol. The molecule has 0 radical (unpaired) electrons. The van der Waals surface area contributed by atoms with Gasteiger partial charge < -0.3 is 0 Å². The Labute approximate surface area is 157 Å². The summed E-state index contributed by atoms with van der Waals surface area (Å²) in [6.45, 7) is 2.03. The minimum Gasteiger partial charge on any atom is -0.207 e. The van der Waals surface area contributed by atoms with E-state index in [9.17, 15) is 21.6 Å². The molecule has 0 bridgehead atoms. The summed E-state index contributed by atoms with van der Waals surface area (Å²) in [5, 5.41) is 8.83. The molecule has 1 aliphatic heterocycles. The molecule has 3 rings (SSSR count). The average Bonchev–Trinajstić information content (AvgIpc) is 3.00. The SMILES string of the molecule is Cc1nnc([C@@H]2CCCCN2S(=O)(=O)c2ccc(C(F)(F)F)cc2Cl)s1. The van der Waals surface area contributed by atoms with Gasteiger partial charge in [-0.15, -0.1) is 21.5 Å². The molecule has 142 valence electrons. The smallest absolute Gasteiger partial charge is 0.207 e. The summed E-state index contributed by atoms with van der Waals surface area (Å²) < 4.78 is 65.8. The Balaban J connectivity index is 2.00. The van der Waals surface area contributed by atoms with Crippen molar-refractivity contribution in [1.82, 2.24) is 14.5 Å². The molecule has 1 aromatic carbocycles. The van der Waals surface area contributed by atoms with Gasteiger partial charge in [-0.05, 0) is 38.0 Å². The number of aryl methyl sites for hydroxylation is 1. The summed E-state index contributed by atoms with van der Waals surface area (Å²) in [4.78, 5) is -0.333. The number of alkyl halides is 3. The zero-order valence-electron chi connectivity index (χ0n) is 13.6. The third kappa shape index (κ3) is 3.73. The monoisotopic (exact) mass is 425 g/mol. The Morgan fingerprint density at radius 3 is 2.58 bits per heavy atom.